The molecule has 5 nitrogen and oxygen atoms in total. The van der Waals surface area contributed by atoms with Crippen LogP contribution in [0.1, 0.15) is 39.1 Å². The lowest BCUT2D eigenvalue weighted by molar-refractivity contribution is 0.0690. The fourth-order valence-corrected chi connectivity index (χ4v) is 3.99. The van der Waals surface area contributed by atoms with Crippen LogP contribution in [-0.4, -0.2) is 41.5 Å². The molecule has 4 rings (SSSR count). The number of piperidine rings is 1. The molecule has 2 amide bonds. The van der Waals surface area contributed by atoms with E-state index in [1.54, 1.807) is 12.3 Å². The molecule has 3 aromatic rings. The van der Waals surface area contributed by atoms with E-state index in [2.05, 4.69) is 41.0 Å². The number of likely N-dealkylation sites (tertiary alicyclic amines) is 1. The third-order valence-electron chi connectivity index (χ3n) is 5.57. The monoisotopic (exact) mass is 373 g/mol. The summed E-state index contributed by atoms with van der Waals surface area (Å²) < 4.78 is 0. The molecular formula is C23H23N3O2. The van der Waals surface area contributed by atoms with Crippen molar-refractivity contribution in [2.45, 2.75) is 19.3 Å². The fourth-order valence-electron chi connectivity index (χ4n) is 3.99. The van der Waals surface area contributed by atoms with E-state index in [1.165, 1.54) is 5.56 Å². The van der Waals surface area contributed by atoms with Gasteiger partial charge in [-0.05, 0) is 55.7 Å². The molecule has 1 saturated heterocycles. The van der Waals surface area contributed by atoms with Crippen molar-refractivity contribution in [3.05, 3.63) is 71.4 Å². The minimum Gasteiger partial charge on any atom is -0.360 e. The number of nitrogens with one attached hydrogen (secondary N) is 1. The molecule has 0 aliphatic carbocycles. The second-order valence-corrected chi connectivity index (χ2v) is 7.35. The van der Waals surface area contributed by atoms with Gasteiger partial charge in [0.15, 0.2) is 0 Å². The van der Waals surface area contributed by atoms with Gasteiger partial charge in [-0.1, -0.05) is 30.3 Å². The van der Waals surface area contributed by atoms with Gasteiger partial charge in [-0.3, -0.25) is 9.59 Å². The van der Waals surface area contributed by atoms with Crippen LogP contribution in [0.15, 0.2) is 59.7 Å². The average Bonchev–Trinajstić information content (AvgIpc) is 3.17. The molecule has 28 heavy (non-hydrogen) atoms. The number of nitrogens with zero attached hydrogens (tertiary/aromatic N) is 2. The van der Waals surface area contributed by atoms with Crippen molar-refractivity contribution in [1.29, 1.82) is 0 Å². The van der Waals surface area contributed by atoms with Gasteiger partial charge in [-0.2, -0.15) is 0 Å². The summed E-state index contributed by atoms with van der Waals surface area (Å²) in [6.07, 6.45) is 4.71. The largest absolute Gasteiger partial charge is 0.360 e. The van der Waals surface area contributed by atoms with Crippen molar-refractivity contribution in [2.75, 3.05) is 13.1 Å². The Hall–Kier alpha value is -3.21. The Morgan fingerprint density at radius 3 is 2.57 bits per heavy atom. The summed E-state index contributed by atoms with van der Waals surface area (Å²) in [6.45, 7) is 4.83. The predicted octanol–water partition coefficient (Wildman–Crippen LogP) is 4.10. The van der Waals surface area contributed by atoms with E-state index in [4.69, 9.17) is 0 Å². The number of aliphatic imine (C=N–C) groups is 1. The first kappa shape index (κ1) is 18.2. The lowest BCUT2D eigenvalue weighted by Crippen LogP contribution is -2.38. The maximum Gasteiger partial charge on any atom is 0.278 e. The van der Waals surface area contributed by atoms with Crippen molar-refractivity contribution < 1.29 is 9.59 Å². The second kappa shape index (κ2) is 7.80. The van der Waals surface area contributed by atoms with Crippen LogP contribution >= 0.6 is 0 Å². The average molecular weight is 373 g/mol. The van der Waals surface area contributed by atoms with Crippen LogP contribution in [0.2, 0.25) is 0 Å². The number of aromatic amines is 1. The molecule has 0 atom stereocenters. The van der Waals surface area contributed by atoms with Gasteiger partial charge in [-0.15, -0.1) is 0 Å². The number of amides is 2. The number of benzene rings is 2. The maximum atomic E-state index is 13.0. The molecular weight excluding hydrogens is 350 g/mol. The minimum absolute atomic E-state index is 0.0197. The Morgan fingerprint density at radius 1 is 1.11 bits per heavy atom. The van der Waals surface area contributed by atoms with E-state index < -0.39 is 5.91 Å². The second-order valence-electron chi connectivity index (χ2n) is 7.35. The van der Waals surface area contributed by atoms with E-state index in [0.717, 1.165) is 37.9 Å². The number of carbonyl (C=O) groups is 2. The maximum absolute atomic E-state index is 13.0. The van der Waals surface area contributed by atoms with Gasteiger partial charge >= 0.3 is 0 Å². The van der Waals surface area contributed by atoms with Crippen molar-refractivity contribution in [3.8, 4) is 0 Å². The molecule has 5 heteroatoms. The molecule has 142 valence electrons. The molecule has 1 N–H and O–H groups in total. The summed E-state index contributed by atoms with van der Waals surface area (Å²) in [7, 11) is 0. The SMILES string of the molecule is C=NC(=O)c1c[nH]c2ccc(C(=O)N3CCC(Cc4ccccc4)CC3)cc12. The number of hydrogen-bond donors (Lipinski definition) is 1. The Morgan fingerprint density at radius 2 is 1.86 bits per heavy atom. The van der Waals surface area contributed by atoms with Crippen molar-refractivity contribution in [2.24, 2.45) is 10.9 Å². The van der Waals surface area contributed by atoms with Crippen LogP contribution in [0.5, 0.6) is 0 Å². The summed E-state index contributed by atoms with van der Waals surface area (Å²) in [5.74, 6) is 0.241. The molecule has 1 aliphatic rings. The van der Waals surface area contributed by atoms with Gasteiger partial charge < -0.3 is 9.88 Å². The zero-order chi connectivity index (χ0) is 19.5. The van der Waals surface area contributed by atoms with Crippen molar-refractivity contribution in [3.63, 3.8) is 0 Å². The third-order valence-corrected chi connectivity index (χ3v) is 5.57. The molecule has 0 radical (unpaired) electrons. The lowest BCUT2D eigenvalue weighted by Gasteiger charge is -2.32. The molecule has 0 saturated carbocycles. The highest BCUT2D eigenvalue weighted by atomic mass is 16.2. The number of rotatable bonds is 4. The number of carbonyl (C=O) groups excluding carboxylic acids is 2. The van der Waals surface area contributed by atoms with Gasteiger partial charge in [-0.25, -0.2) is 4.99 Å². The quantitative estimate of drug-likeness (QED) is 0.700. The number of fused-ring (bicyclic) bond motifs is 1. The van der Waals surface area contributed by atoms with Gasteiger partial charge in [0.1, 0.15) is 0 Å². The van der Waals surface area contributed by atoms with E-state index in [-0.39, 0.29) is 5.91 Å². The molecule has 2 aromatic carbocycles. The van der Waals surface area contributed by atoms with Crippen LogP contribution in [0.4, 0.5) is 0 Å². The van der Waals surface area contributed by atoms with Gasteiger partial charge in [0.25, 0.3) is 11.8 Å². The normalized spacial score (nSPS) is 14.9. The van der Waals surface area contributed by atoms with Crippen LogP contribution in [0, 0.1) is 5.92 Å². The van der Waals surface area contributed by atoms with Crippen LogP contribution in [0.25, 0.3) is 10.9 Å². The molecule has 0 bridgehead atoms. The standard InChI is InChI=1S/C23H23N3O2/c1-24-22(27)20-15-25-21-8-7-18(14-19(20)21)23(28)26-11-9-17(10-12-26)13-16-5-3-2-4-6-16/h2-8,14-15,17,25H,1,9-13H2. The summed E-state index contributed by atoms with van der Waals surface area (Å²) in [4.78, 5) is 33.3. The summed E-state index contributed by atoms with van der Waals surface area (Å²) in [5, 5.41) is 0.710. The Bertz CT molecular complexity index is 1010. The fraction of sp³-hybridized carbons (Fsp3) is 0.261. The topological polar surface area (TPSA) is 65.5 Å². The van der Waals surface area contributed by atoms with Crippen LogP contribution in [-0.2, 0) is 6.42 Å². The van der Waals surface area contributed by atoms with Gasteiger partial charge in [0, 0.05) is 35.8 Å². The van der Waals surface area contributed by atoms with Crippen molar-refractivity contribution >= 4 is 29.4 Å². The highest BCUT2D eigenvalue weighted by Crippen LogP contribution is 2.25. The Labute approximate surface area is 164 Å². The van der Waals surface area contributed by atoms with Crippen LogP contribution in [0.3, 0.4) is 0 Å². The highest BCUT2D eigenvalue weighted by molar-refractivity contribution is 6.10. The first-order valence-electron chi connectivity index (χ1n) is 9.61. The lowest BCUT2D eigenvalue weighted by atomic mass is 9.90. The number of aromatic nitrogens is 1. The smallest absolute Gasteiger partial charge is 0.278 e. The number of hydrogen-bond acceptors (Lipinski definition) is 2. The molecule has 1 aromatic heterocycles. The van der Waals surface area contributed by atoms with E-state index in [9.17, 15) is 9.59 Å². The summed E-state index contributed by atoms with van der Waals surface area (Å²) in [6, 6.07) is 16.0. The Balaban J connectivity index is 1.45. The van der Waals surface area contributed by atoms with E-state index in [1.807, 2.05) is 23.1 Å². The Kier molecular flexibility index (Phi) is 5.06. The first-order valence-corrected chi connectivity index (χ1v) is 9.61. The van der Waals surface area contributed by atoms with Gasteiger partial charge in [0.2, 0.25) is 0 Å². The molecule has 1 aliphatic heterocycles. The summed E-state index contributed by atoms with van der Waals surface area (Å²) >= 11 is 0. The highest BCUT2D eigenvalue weighted by Gasteiger charge is 2.24. The van der Waals surface area contributed by atoms with Crippen LogP contribution < -0.4 is 0 Å². The molecule has 1 fully saturated rings. The summed E-state index contributed by atoms with van der Waals surface area (Å²) in [5.41, 5.74) is 3.22. The minimum atomic E-state index is -0.391. The molecule has 2 heterocycles. The van der Waals surface area contributed by atoms with E-state index in [0.29, 0.717) is 22.4 Å². The number of H-pyrrole nitrogens is 1. The zero-order valence-electron chi connectivity index (χ0n) is 15.7. The molecule has 0 unspecified atom stereocenters. The van der Waals surface area contributed by atoms with Gasteiger partial charge in [0.05, 0.1) is 5.56 Å². The van der Waals surface area contributed by atoms with E-state index >= 15 is 0 Å². The molecule has 0 spiro atoms. The van der Waals surface area contributed by atoms with Crippen molar-refractivity contribution in [1.82, 2.24) is 9.88 Å². The third kappa shape index (κ3) is 3.60. The predicted molar refractivity (Wildman–Crippen MR) is 111 cm³/mol. The first-order chi connectivity index (χ1) is 13.7. The zero-order valence-corrected chi connectivity index (χ0v) is 15.7.